The van der Waals surface area contributed by atoms with Crippen LogP contribution in [0.4, 0.5) is 0 Å². The minimum Gasteiger partial charge on any atom is -0.396 e. The summed E-state index contributed by atoms with van der Waals surface area (Å²) in [6.45, 7) is 1.58. The van der Waals surface area contributed by atoms with E-state index in [0.717, 1.165) is 10.6 Å². The molecule has 0 spiro atoms. The molecule has 0 aromatic heterocycles. The fourth-order valence-electron chi connectivity index (χ4n) is 1.94. The Bertz CT molecular complexity index is 597. The van der Waals surface area contributed by atoms with Crippen molar-refractivity contribution in [1.82, 2.24) is 5.06 Å². The smallest absolute Gasteiger partial charge is 0.355 e. The van der Waals surface area contributed by atoms with Gasteiger partial charge < -0.3 is 15.1 Å². The van der Waals surface area contributed by atoms with Gasteiger partial charge >= 0.3 is 5.97 Å². The van der Waals surface area contributed by atoms with Crippen molar-refractivity contribution in [2.24, 2.45) is 5.92 Å². The summed E-state index contributed by atoms with van der Waals surface area (Å²) >= 11 is 0. The lowest BCUT2D eigenvalue weighted by molar-refractivity contribution is -0.188. The average Bonchev–Trinajstić information content (AvgIpc) is 2.60. The third-order valence-corrected chi connectivity index (χ3v) is 3.53. The SMILES string of the molecule is C[C@H](/C=C/c1ccccc1)[C@@H](O)C/C=C/C(=O)ON(C)C(=O)CCO. The first kappa shape index (κ1) is 20.6. The summed E-state index contributed by atoms with van der Waals surface area (Å²) in [4.78, 5) is 27.7. The highest BCUT2D eigenvalue weighted by Crippen LogP contribution is 2.12. The van der Waals surface area contributed by atoms with E-state index in [1.165, 1.54) is 19.2 Å². The molecule has 0 radical (unpaired) electrons. The van der Waals surface area contributed by atoms with Crippen LogP contribution >= 0.6 is 0 Å². The molecule has 1 rings (SSSR count). The number of amides is 1. The number of aliphatic hydroxyl groups is 2. The van der Waals surface area contributed by atoms with Crippen LogP contribution in [0.2, 0.25) is 0 Å². The van der Waals surface area contributed by atoms with Crippen molar-refractivity contribution >= 4 is 18.0 Å². The van der Waals surface area contributed by atoms with Crippen molar-refractivity contribution in [2.75, 3.05) is 13.7 Å². The van der Waals surface area contributed by atoms with Gasteiger partial charge in [0.05, 0.1) is 19.1 Å². The van der Waals surface area contributed by atoms with E-state index in [4.69, 9.17) is 9.94 Å². The summed E-state index contributed by atoms with van der Waals surface area (Å²) < 4.78 is 0. The maximum Gasteiger partial charge on any atom is 0.355 e. The standard InChI is InChI=1S/C19H25NO5/c1-15(11-12-16-7-4-3-5-8-16)17(22)9-6-10-19(24)25-20(2)18(23)13-14-21/h3-8,10-12,15,17,21-22H,9,13-14H2,1-2H3/b10-6+,12-11+/t15-,17+/m1/s1. The zero-order valence-electron chi connectivity index (χ0n) is 14.5. The molecule has 2 N–H and O–H groups in total. The lowest BCUT2D eigenvalue weighted by atomic mass is 10.00. The molecule has 0 bridgehead atoms. The number of carbonyl (C=O) groups is 2. The Hall–Kier alpha value is -2.44. The molecule has 6 heteroatoms. The van der Waals surface area contributed by atoms with Crippen molar-refractivity contribution in [3.8, 4) is 0 Å². The number of hydrogen-bond acceptors (Lipinski definition) is 5. The Morgan fingerprint density at radius 1 is 1.28 bits per heavy atom. The molecule has 0 aliphatic heterocycles. The highest BCUT2D eigenvalue weighted by atomic mass is 16.7. The monoisotopic (exact) mass is 347 g/mol. The van der Waals surface area contributed by atoms with Crippen LogP contribution in [-0.2, 0) is 14.4 Å². The Morgan fingerprint density at radius 2 is 1.96 bits per heavy atom. The van der Waals surface area contributed by atoms with Crippen molar-refractivity contribution in [3.63, 3.8) is 0 Å². The van der Waals surface area contributed by atoms with E-state index in [2.05, 4.69) is 0 Å². The molecule has 0 aliphatic carbocycles. The van der Waals surface area contributed by atoms with Crippen molar-refractivity contribution < 1.29 is 24.6 Å². The van der Waals surface area contributed by atoms with E-state index in [1.807, 2.05) is 49.4 Å². The van der Waals surface area contributed by atoms with Crippen LogP contribution in [0.5, 0.6) is 0 Å². The number of carbonyl (C=O) groups excluding carboxylic acids is 2. The first-order valence-corrected chi connectivity index (χ1v) is 8.11. The molecule has 6 nitrogen and oxygen atoms in total. The average molecular weight is 347 g/mol. The van der Waals surface area contributed by atoms with Gasteiger partial charge in [0.25, 0.3) is 5.91 Å². The van der Waals surface area contributed by atoms with Gasteiger partial charge in [-0.15, -0.1) is 0 Å². The zero-order chi connectivity index (χ0) is 18.7. The number of hydroxylamine groups is 2. The number of rotatable bonds is 8. The van der Waals surface area contributed by atoms with Crippen LogP contribution in [0.25, 0.3) is 6.08 Å². The lowest BCUT2D eigenvalue weighted by Crippen LogP contribution is -2.29. The van der Waals surface area contributed by atoms with Gasteiger partial charge in [-0.1, -0.05) is 55.5 Å². The topological polar surface area (TPSA) is 87.1 Å². The number of nitrogens with zero attached hydrogens (tertiary/aromatic N) is 1. The molecule has 136 valence electrons. The van der Waals surface area contributed by atoms with Crippen LogP contribution in [0.15, 0.2) is 48.6 Å². The Labute approximate surface area is 148 Å². The Morgan fingerprint density at radius 3 is 2.60 bits per heavy atom. The van der Waals surface area contributed by atoms with Gasteiger partial charge in [-0.2, -0.15) is 5.06 Å². The Kier molecular flexibility index (Phi) is 9.21. The predicted octanol–water partition coefficient (Wildman–Crippen LogP) is 1.94. The molecule has 0 saturated heterocycles. The van der Waals surface area contributed by atoms with Gasteiger partial charge in [0.1, 0.15) is 0 Å². The van der Waals surface area contributed by atoms with Crippen molar-refractivity contribution in [3.05, 3.63) is 54.1 Å². The minimum absolute atomic E-state index is 0.0883. The molecule has 25 heavy (non-hydrogen) atoms. The van der Waals surface area contributed by atoms with E-state index in [-0.39, 0.29) is 25.4 Å². The second-order valence-corrected chi connectivity index (χ2v) is 5.61. The largest absolute Gasteiger partial charge is 0.396 e. The zero-order valence-corrected chi connectivity index (χ0v) is 14.5. The van der Waals surface area contributed by atoms with Gasteiger partial charge in [0.15, 0.2) is 0 Å². The second-order valence-electron chi connectivity index (χ2n) is 5.61. The van der Waals surface area contributed by atoms with Crippen LogP contribution in [-0.4, -0.2) is 46.9 Å². The van der Waals surface area contributed by atoms with Gasteiger partial charge in [-0.25, -0.2) is 4.79 Å². The number of benzene rings is 1. The molecular weight excluding hydrogens is 322 g/mol. The molecule has 0 aliphatic rings. The van der Waals surface area contributed by atoms with Crippen LogP contribution < -0.4 is 0 Å². The summed E-state index contributed by atoms with van der Waals surface area (Å²) in [6, 6.07) is 9.77. The van der Waals surface area contributed by atoms with Crippen molar-refractivity contribution in [1.29, 1.82) is 0 Å². The molecule has 0 unspecified atom stereocenters. The van der Waals surface area contributed by atoms with Crippen LogP contribution in [0.3, 0.4) is 0 Å². The third kappa shape index (κ3) is 8.28. The molecule has 0 saturated carbocycles. The normalized spacial score (nSPS) is 13.8. The predicted molar refractivity (Wildman–Crippen MR) is 95.0 cm³/mol. The first-order valence-electron chi connectivity index (χ1n) is 8.11. The fourth-order valence-corrected chi connectivity index (χ4v) is 1.94. The summed E-state index contributed by atoms with van der Waals surface area (Å²) in [5, 5.41) is 19.5. The maximum atomic E-state index is 11.6. The van der Waals surface area contributed by atoms with Crippen molar-refractivity contribution in [2.45, 2.75) is 25.9 Å². The van der Waals surface area contributed by atoms with Crippen LogP contribution in [0, 0.1) is 5.92 Å². The lowest BCUT2D eigenvalue weighted by Gasteiger charge is -2.15. The molecular formula is C19H25NO5. The quantitative estimate of drug-likeness (QED) is 0.554. The number of hydrogen-bond donors (Lipinski definition) is 2. The first-order chi connectivity index (χ1) is 11.9. The summed E-state index contributed by atoms with van der Waals surface area (Å²) in [7, 11) is 1.30. The van der Waals surface area contributed by atoms with E-state index < -0.39 is 18.0 Å². The maximum absolute atomic E-state index is 11.6. The highest BCUT2D eigenvalue weighted by Gasteiger charge is 2.12. The van der Waals surface area contributed by atoms with E-state index in [1.54, 1.807) is 0 Å². The van der Waals surface area contributed by atoms with Gasteiger partial charge in [0, 0.05) is 19.0 Å². The second kappa shape index (κ2) is 11.2. The Balaban J connectivity index is 2.40. The highest BCUT2D eigenvalue weighted by molar-refractivity contribution is 5.84. The number of aliphatic hydroxyl groups excluding tert-OH is 2. The van der Waals surface area contributed by atoms with Gasteiger partial charge in [0.2, 0.25) is 0 Å². The van der Waals surface area contributed by atoms with E-state index in [9.17, 15) is 14.7 Å². The van der Waals surface area contributed by atoms with E-state index >= 15 is 0 Å². The molecule has 0 fully saturated rings. The third-order valence-electron chi connectivity index (χ3n) is 3.53. The summed E-state index contributed by atoms with van der Waals surface area (Å²) in [6.07, 6.45) is 6.05. The fraction of sp³-hybridized carbons (Fsp3) is 0.368. The molecule has 1 aromatic carbocycles. The molecule has 2 atom stereocenters. The molecule has 1 amide bonds. The van der Waals surface area contributed by atoms with Crippen LogP contribution in [0.1, 0.15) is 25.3 Å². The summed E-state index contributed by atoms with van der Waals surface area (Å²) in [5.41, 5.74) is 1.05. The molecule has 1 aromatic rings. The minimum atomic E-state index is -0.714. The van der Waals surface area contributed by atoms with Gasteiger partial charge in [-0.05, 0) is 12.0 Å². The summed E-state index contributed by atoms with van der Waals surface area (Å²) in [5.74, 6) is -1.30. The molecule has 0 heterocycles. The van der Waals surface area contributed by atoms with E-state index in [0.29, 0.717) is 0 Å². The van der Waals surface area contributed by atoms with Gasteiger partial charge in [-0.3, -0.25) is 4.79 Å².